The van der Waals surface area contributed by atoms with E-state index in [0.29, 0.717) is 5.75 Å². The summed E-state index contributed by atoms with van der Waals surface area (Å²) in [5, 5.41) is 14.8. The quantitative estimate of drug-likeness (QED) is 0.371. The minimum atomic E-state index is -0.852. The number of ether oxygens (including phenoxy) is 2. The van der Waals surface area contributed by atoms with Crippen LogP contribution in [0.4, 0.5) is 15.8 Å². The van der Waals surface area contributed by atoms with Crippen LogP contribution in [-0.4, -0.2) is 30.0 Å². The molecule has 3 aromatic rings. The van der Waals surface area contributed by atoms with E-state index in [1.807, 2.05) is 30.3 Å². The zero-order chi connectivity index (χ0) is 20.8. The van der Waals surface area contributed by atoms with Crippen molar-refractivity contribution in [3.63, 3.8) is 0 Å². The van der Waals surface area contributed by atoms with Crippen LogP contribution in [0, 0.1) is 15.9 Å². The average molecular weight is 398 g/mol. The van der Waals surface area contributed by atoms with Crippen molar-refractivity contribution >= 4 is 34.0 Å². The third-order valence-electron chi connectivity index (χ3n) is 3.88. The molecular weight excluding hydrogens is 383 g/mol. The number of hydrogen-bond acceptors (Lipinski definition) is 6. The van der Waals surface area contributed by atoms with Crippen molar-refractivity contribution in [1.29, 1.82) is 0 Å². The lowest BCUT2D eigenvalue weighted by Crippen LogP contribution is -2.24. The van der Waals surface area contributed by atoms with Crippen LogP contribution < -0.4 is 10.1 Å². The van der Waals surface area contributed by atoms with E-state index in [0.717, 1.165) is 29.0 Å². The van der Waals surface area contributed by atoms with Gasteiger partial charge in [-0.3, -0.25) is 14.9 Å². The molecule has 0 spiro atoms. The van der Waals surface area contributed by atoms with Gasteiger partial charge in [0.1, 0.15) is 11.6 Å². The standard InChI is InChI=1S/C20H15FN2O6/c21-17-8-6-15(23(26)27)10-18(17)22-19(24)11-29-20(25)12-28-16-7-5-13-3-1-2-4-14(13)9-16/h1-10H,11-12H2,(H,22,24). The Morgan fingerprint density at radius 3 is 2.52 bits per heavy atom. The van der Waals surface area contributed by atoms with Gasteiger partial charge in [0, 0.05) is 12.1 Å². The zero-order valence-electron chi connectivity index (χ0n) is 15.0. The molecule has 29 heavy (non-hydrogen) atoms. The molecule has 0 aromatic heterocycles. The number of nitro benzene ring substituents is 1. The maximum atomic E-state index is 13.6. The fourth-order valence-corrected chi connectivity index (χ4v) is 2.50. The molecule has 148 valence electrons. The van der Waals surface area contributed by atoms with Crippen molar-refractivity contribution in [2.24, 2.45) is 0 Å². The number of carbonyl (C=O) groups excluding carboxylic acids is 2. The van der Waals surface area contributed by atoms with Gasteiger partial charge in [0.05, 0.1) is 10.6 Å². The number of benzene rings is 3. The topological polar surface area (TPSA) is 108 Å². The number of anilines is 1. The number of nitro groups is 1. The van der Waals surface area contributed by atoms with Gasteiger partial charge in [0.2, 0.25) is 0 Å². The van der Waals surface area contributed by atoms with Crippen molar-refractivity contribution in [1.82, 2.24) is 0 Å². The molecule has 3 aromatic carbocycles. The maximum Gasteiger partial charge on any atom is 0.344 e. The Hall–Kier alpha value is -4.01. The Balaban J connectivity index is 1.49. The molecule has 3 rings (SSSR count). The SMILES string of the molecule is O=C(COC(=O)COc1ccc2ccccc2c1)Nc1cc([N+](=O)[O-])ccc1F. The predicted molar refractivity (Wildman–Crippen MR) is 102 cm³/mol. The summed E-state index contributed by atoms with van der Waals surface area (Å²) in [6.45, 7) is -1.11. The van der Waals surface area contributed by atoms with Gasteiger partial charge in [-0.15, -0.1) is 0 Å². The minimum absolute atomic E-state index is 0.382. The van der Waals surface area contributed by atoms with E-state index in [2.05, 4.69) is 5.32 Å². The van der Waals surface area contributed by atoms with Crippen LogP contribution in [-0.2, 0) is 14.3 Å². The first-order chi connectivity index (χ1) is 13.9. The molecule has 0 heterocycles. The summed E-state index contributed by atoms with van der Waals surface area (Å²) >= 11 is 0. The molecule has 1 N–H and O–H groups in total. The monoisotopic (exact) mass is 398 g/mol. The van der Waals surface area contributed by atoms with Gasteiger partial charge in [-0.1, -0.05) is 30.3 Å². The lowest BCUT2D eigenvalue weighted by Gasteiger charge is -2.09. The molecule has 9 heteroatoms. The Morgan fingerprint density at radius 1 is 1.00 bits per heavy atom. The van der Waals surface area contributed by atoms with Gasteiger partial charge in [0.25, 0.3) is 11.6 Å². The van der Waals surface area contributed by atoms with Gasteiger partial charge in [-0.05, 0) is 29.0 Å². The summed E-state index contributed by atoms with van der Waals surface area (Å²) in [6.07, 6.45) is 0. The van der Waals surface area contributed by atoms with Gasteiger partial charge >= 0.3 is 5.97 Å². The van der Waals surface area contributed by atoms with E-state index < -0.39 is 35.8 Å². The van der Waals surface area contributed by atoms with E-state index in [4.69, 9.17) is 9.47 Å². The molecule has 0 fully saturated rings. The number of nitrogens with zero attached hydrogens (tertiary/aromatic N) is 1. The molecule has 8 nitrogen and oxygen atoms in total. The van der Waals surface area contributed by atoms with Crippen LogP contribution in [0.1, 0.15) is 0 Å². The highest BCUT2D eigenvalue weighted by Crippen LogP contribution is 2.22. The lowest BCUT2D eigenvalue weighted by molar-refractivity contribution is -0.384. The van der Waals surface area contributed by atoms with Crippen LogP contribution >= 0.6 is 0 Å². The highest BCUT2D eigenvalue weighted by molar-refractivity contribution is 5.93. The summed E-state index contributed by atoms with van der Waals surface area (Å²) < 4.78 is 23.8. The molecule has 0 bridgehead atoms. The number of amides is 1. The molecule has 0 aliphatic rings. The highest BCUT2D eigenvalue weighted by Gasteiger charge is 2.14. The van der Waals surface area contributed by atoms with Crippen LogP contribution in [0.5, 0.6) is 5.75 Å². The zero-order valence-corrected chi connectivity index (χ0v) is 15.0. The Morgan fingerprint density at radius 2 is 1.76 bits per heavy atom. The van der Waals surface area contributed by atoms with Crippen molar-refractivity contribution in [3.05, 3.63) is 76.6 Å². The second-order valence-corrected chi connectivity index (χ2v) is 5.93. The lowest BCUT2D eigenvalue weighted by atomic mass is 10.1. The van der Waals surface area contributed by atoms with Crippen LogP contribution in [0.3, 0.4) is 0 Å². The highest BCUT2D eigenvalue weighted by atomic mass is 19.1. The predicted octanol–water partition coefficient (Wildman–Crippen LogP) is 3.45. The number of carbonyl (C=O) groups is 2. The van der Waals surface area contributed by atoms with Crippen molar-refractivity contribution in [2.45, 2.75) is 0 Å². The second kappa shape index (κ2) is 8.79. The molecule has 1 amide bonds. The van der Waals surface area contributed by atoms with E-state index >= 15 is 0 Å². The molecule has 0 radical (unpaired) electrons. The number of hydrogen-bond donors (Lipinski definition) is 1. The van der Waals surface area contributed by atoms with Gasteiger partial charge in [-0.2, -0.15) is 0 Å². The third kappa shape index (κ3) is 5.25. The van der Waals surface area contributed by atoms with Crippen LogP contribution in [0.25, 0.3) is 10.8 Å². The Bertz CT molecular complexity index is 1090. The Labute approximate surface area is 164 Å². The summed E-state index contributed by atoms with van der Waals surface area (Å²) in [5.74, 6) is -2.03. The Kier molecular flexibility index (Phi) is 5.98. The van der Waals surface area contributed by atoms with Crippen LogP contribution in [0.15, 0.2) is 60.7 Å². The first-order valence-corrected chi connectivity index (χ1v) is 8.43. The number of non-ortho nitro benzene ring substituents is 1. The number of fused-ring (bicyclic) bond motifs is 1. The molecule has 0 aliphatic heterocycles. The third-order valence-corrected chi connectivity index (χ3v) is 3.88. The number of nitrogens with one attached hydrogen (secondary N) is 1. The summed E-state index contributed by atoms with van der Waals surface area (Å²) in [7, 11) is 0. The number of esters is 1. The first-order valence-electron chi connectivity index (χ1n) is 8.43. The van der Waals surface area contributed by atoms with E-state index in [9.17, 15) is 24.1 Å². The van der Waals surface area contributed by atoms with Gasteiger partial charge in [0.15, 0.2) is 13.2 Å². The van der Waals surface area contributed by atoms with Gasteiger partial charge < -0.3 is 14.8 Å². The van der Waals surface area contributed by atoms with E-state index in [-0.39, 0.29) is 11.4 Å². The maximum absolute atomic E-state index is 13.6. The number of rotatable bonds is 7. The summed E-state index contributed by atoms with van der Waals surface area (Å²) in [6, 6.07) is 15.6. The summed E-state index contributed by atoms with van der Waals surface area (Å²) in [4.78, 5) is 33.6. The fourth-order valence-electron chi connectivity index (χ4n) is 2.50. The van der Waals surface area contributed by atoms with Crippen molar-refractivity contribution < 1.29 is 28.4 Å². The fraction of sp³-hybridized carbons (Fsp3) is 0.100. The van der Waals surface area contributed by atoms with Gasteiger partial charge in [-0.25, -0.2) is 9.18 Å². The first kappa shape index (κ1) is 19.7. The summed E-state index contributed by atoms with van der Waals surface area (Å²) in [5.41, 5.74) is -0.768. The second-order valence-electron chi connectivity index (χ2n) is 5.93. The molecule has 0 aliphatic carbocycles. The van der Waals surface area contributed by atoms with E-state index in [1.165, 1.54) is 0 Å². The molecule has 0 saturated carbocycles. The van der Waals surface area contributed by atoms with E-state index in [1.54, 1.807) is 12.1 Å². The smallest absolute Gasteiger partial charge is 0.344 e. The minimum Gasteiger partial charge on any atom is -0.482 e. The normalized spacial score (nSPS) is 10.4. The molecule has 0 unspecified atom stereocenters. The average Bonchev–Trinajstić information content (AvgIpc) is 2.72. The molecular formula is C20H15FN2O6. The molecule has 0 atom stereocenters. The van der Waals surface area contributed by atoms with Crippen molar-refractivity contribution in [2.75, 3.05) is 18.5 Å². The van der Waals surface area contributed by atoms with Crippen molar-refractivity contribution in [3.8, 4) is 5.75 Å². The number of halogens is 1. The molecule has 0 saturated heterocycles. The van der Waals surface area contributed by atoms with Crippen LogP contribution in [0.2, 0.25) is 0 Å². The largest absolute Gasteiger partial charge is 0.482 e.